The van der Waals surface area contributed by atoms with Crippen molar-refractivity contribution in [1.29, 1.82) is 0 Å². The summed E-state index contributed by atoms with van der Waals surface area (Å²) < 4.78 is 1.13. The van der Waals surface area contributed by atoms with Gasteiger partial charge in [0.1, 0.15) is 0 Å². The van der Waals surface area contributed by atoms with Gasteiger partial charge < -0.3 is 4.79 Å². The quantitative estimate of drug-likeness (QED) is 0.568. The Morgan fingerprint density at radius 1 is 1.56 bits per heavy atom. The molecule has 0 amide bonds. The minimum atomic E-state index is 0. The maximum absolute atomic E-state index is 9.90. The van der Waals surface area contributed by atoms with Crippen LogP contribution < -0.4 is 0 Å². The number of carbonyl (C=O) groups excluding carboxylic acids is 1. The van der Waals surface area contributed by atoms with E-state index in [1.807, 2.05) is 12.4 Å². The third kappa shape index (κ3) is 3.21. The molecule has 0 spiro atoms. The number of halogens is 1. The molecule has 1 aromatic heterocycles. The maximum atomic E-state index is 9.90. The molecule has 0 fully saturated rings. The zero-order valence-corrected chi connectivity index (χ0v) is 10.2. The third-order valence-corrected chi connectivity index (χ3v) is 2.46. The second kappa shape index (κ2) is 4.93. The molecule has 0 bridgehead atoms. The molecule has 1 nitrogen and oxygen atoms in total. The van der Waals surface area contributed by atoms with Gasteiger partial charge in [-0.05, 0) is 22.6 Å². The zero-order chi connectivity index (χ0) is 5.98. The van der Waals surface area contributed by atoms with E-state index in [0.29, 0.717) is 4.88 Å². The van der Waals surface area contributed by atoms with E-state index in [1.165, 1.54) is 11.3 Å². The van der Waals surface area contributed by atoms with E-state index in [2.05, 4.69) is 22.6 Å². The van der Waals surface area contributed by atoms with E-state index < -0.39 is 0 Å². The Morgan fingerprint density at radius 2 is 2.22 bits per heavy atom. The Labute approximate surface area is 96.2 Å². The van der Waals surface area contributed by atoms with Crippen LogP contribution in [-0.2, 0) is 37.5 Å². The Balaban J connectivity index is 0.000000640. The van der Waals surface area contributed by atoms with E-state index >= 15 is 0 Å². The molecular formula is C5H2IOSY-. The molecule has 0 unspecified atom stereocenters. The van der Waals surface area contributed by atoms with Crippen molar-refractivity contribution in [3.63, 3.8) is 0 Å². The third-order valence-electron chi connectivity index (χ3n) is 0.674. The number of hydrogen-bond acceptors (Lipinski definition) is 2. The van der Waals surface area contributed by atoms with Gasteiger partial charge in [0.2, 0.25) is 0 Å². The van der Waals surface area contributed by atoms with E-state index in [4.69, 9.17) is 0 Å². The predicted octanol–water partition coefficient (Wildman–Crippen LogP) is 1.81. The molecule has 0 N–H and O–H groups in total. The Kier molecular flexibility index (Phi) is 5.59. The van der Waals surface area contributed by atoms with Crippen LogP contribution in [0, 0.1) is 2.88 Å². The predicted molar refractivity (Wildman–Crippen MR) is 41.8 cm³/mol. The summed E-state index contributed by atoms with van der Waals surface area (Å²) >= 11 is 3.61. The van der Waals surface area contributed by atoms with Crippen molar-refractivity contribution in [1.82, 2.24) is 0 Å². The van der Waals surface area contributed by atoms with Crippen LogP contribution in [-0.4, -0.2) is 6.29 Å². The van der Waals surface area contributed by atoms with Crippen LogP contribution in [0.3, 0.4) is 0 Å². The van der Waals surface area contributed by atoms with Gasteiger partial charge in [0.15, 0.2) is 0 Å². The summed E-state index contributed by atoms with van der Waals surface area (Å²) in [5, 5.41) is 0. The summed E-state index contributed by atoms with van der Waals surface area (Å²) in [6.07, 6.45) is 1.81. The first-order valence-corrected chi connectivity index (χ1v) is 3.86. The molecule has 45 valence electrons. The first kappa shape index (κ1) is 10.2. The topological polar surface area (TPSA) is 17.1 Å². The van der Waals surface area contributed by atoms with E-state index in [0.717, 1.165) is 2.88 Å². The monoisotopic (exact) mass is 326 g/mol. The van der Waals surface area contributed by atoms with Crippen molar-refractivity contribution >= 4 is 40.2 Å². The SMILES string of the molecule is O=[C-]c1ccc(I)s1.[Y]. The summed E-state index contributed by atoms with van der Waals surface area (Å²) in [4.78, 5) is 10.6. The van der Waals surface area contributed by atoms with E-state index in [9.17, 15) is 4.79 Å². The van der Waals surface area contributed by atoms with Gasteiger partial charge in [0.25, 0.3) is 0 Å². The van der Waals surface area contributed by atoms with Crippen LogP contribution in [0.2, 0.25) is 0 Å². The summed E-state index contributed by atoms with van der Waals surface area (Å²) in [5.41, 5.74) is 0. The molecule has 0 atom stereocenters. The van der Waals surface area contributed by atoms with Crippen LogP contribution >= 0.6 is 33.9 Å². The molecule has 1 radical (unpaired) electrons. The molecule has 1 rings (SSSR count). The zero-order valence-electron chi connectivity index (χ0n) is 4.43. The molecule has 0 aliphatic heterocycles. The molecule has 0 saturated heterocycles. The molecule has 0 aromatic carbocycles. The fourth-order valence-corrected chi connectivity index (χ4v) is 1.78. The molecule has 0 aliphatic rings. The molecule has 0 saturated carbocycles. The normalized spacial score (nSPS) is 8.11. The fraction of sp³-hybridized carbons (Fsp3) is 0. The van der Waals surface area contributed by atoms with E-state index in [1.54, 1.807) is 6.07 Å². The molecule has 1 heterocycles. The minimum absolute atomic E-state index is 0. The number of thiophene rings is 1. The smallest absolute Gasteiger partial charge is 0.0452 e. The van der Waals surface area contributed by atoms with Crippen LogP contribution in [0.25, 0.3) is 0 Å². The van der Waals surface area contributed by atoms with Gasteiger partial charge in [-0.3, -0.25) is 0 Å². The molecule has 4 heteroatoms. The first-order chi connectivity index (χ1) is 3.83. The Morgan fingerprint density at radius 3 is 2.44 bits per heavy atom. The number of hydrogen-bond donors (Lipinski definition) is 0. The maximum Gasteiger partial charge on any atom is 0.0452 e. The van der Waals surface area contributed by atoms with Gasteiger partial charge in [-0.25, -0.2) is 0 Å². The largest absolute Gasteiger partial charge is 0.417 e. The van der Waals surface area contributed by atoms with Crippen LogP contribution in [0.5, 0.6) is 0 Å². The van der Waals surface area contributed by atoms with Crippen molar-refractivity contribution in [2.24, 2.45) is 0 Å². The Hall–Kier alpha value is 1.20. The van der Waals surface area contributed by atoms with Gasteiger partial charge in [-0.1, -0.05) is 0 Å². The average Bonchev–Trinajstić information content (AvgIpc) is 2.14. The van der Waals surface area contributed by atoms with Gasteiger partial charge in [0, 0.05) is 41.9 Å². The van der Waals surface area contributed by atoms with Gasteiger partial charge in [-0.15, -0.1) is 10.9 Å². The second-order valence-corrected chi connectivity index (χ2v) is 4.18. The standard InChI is InChI=1S/C5H2IOS.Y/c6-5-2-1-4(3-7)8-5;/h1-2H;/q-1;. The molecule has 9 heavy (non-hydrogen) atoms. The van der Waals surface area contributed by atoms with Crippen LogP contribution in [0.15, 0.2) is 12.1 Å². The number of rotatable bonds is 1. The van der Waals surface area contributed by atoms with Gasteiger partial charge in [0.05, 0.1) is 0 Å². The van der Waals surface area contributed by atoms with Crippen molar-refractivity contribution in [2.75, 3.05) is 0 Å². The molecule has 0 aliphatic carbocycles. The van der Waals surface area contributed by atoms with Gasteiger partial charge >= 0.3 is 0 Å². The van der Waals surface area contributed by atoms with Crippen molar-refractivity contribution in [3.05, 3.63) is 19.9 Å². The Bertz CT molecular complexity index is 199. The minimum Gasteiger partial charge on any atom is -0.417 e. The molecule has 1 aromatic rings. The summed E-state index contributed by atoms with van der Waals surface area (Å²) in [5.74, 6) is 0. The summed E-state index contributed by atoms with van der Waals surface area (Å²) in [6, 6.07) is 3.66. The second-order valence-electron chi connectivity index (χ2n) is 1.21. The average molecular weight is 326 g/mol. The summed E-state index contributed by atoms with van der Waals surface area (Å²) in [6.45, 7) is 0. The van der Waals surface area contributed by atoms with Crippen molar-refractivity contribution in [2.45, 2.75) is 0 Å². The van der Waals surface area contributed by atoms with E-state index in [-0.39, 0.29) is 32.7 Å². The van der Waals surface area contributed by atoms with Crippen LogP contribution in [0.1, 0.15) is 4.88 Å². The fourth-order valence-electron chi connectivity index (χ4n) is 0.369. The summed E-state index contributed by atoms with van der Waals surface area (Å²) in [7, 11) is 0. The van der Waals surface area contributed by atoms with Crippen molar-refractivity contribution < 1.29 is 37.5 Å². The van der Waals surface area contributed by atoms with Crippen LogP contribution in [0.4, 0.5) is 0 Å². The van der Waals surface area contributed by atoms with Gasteiger partial charge in [-0.2, -0.15) is 17.4 Å². The molecular weight excluding hydrogens is 324 g/mol. The first-order valence-electron chi connectivity index (χ1n) is 1.96. The van der Waals surface area contributed by atoms with Crippen molar-refractivity contribution in [3.8, 4) is 0 Å².